The Morgan fingerprint density at radius 3 is 2.45 bits per heavy atom. The summed E-state index contributed by atoms with van der Waals surface area (Å²) in [5.74, 6) is 0.280. The van der Waals surface area contributed by atoms with E-state index in [1.807, 2.05) is 18.2 Å². The minimum Gasteiger partial charge on any atom is -0.293 e. The van der Waals surface area contributed by atoms with Crippen molar-refractivity contribution < 1.29 is 4.79 Å². The van der Waals surface area contributed by atoms with Crippen molar-refractivity contribution in [1.29, 1.82) is 0 Å². The van der Waals surface area contributed by atoms with Gasteiger partial charge in [-0.2, -0.15) is 0 Å². The number of benzene rings is 3. The van der Waals surface area contributed by atoms with Crippen LogP contribution in [0.3, 0.4) is 0 Å². The van der Waals surface area contributed by atoms with E-state index in [0.717, 1.165) is 18.4 Å². The molecule has 0 bridgehead atoms. The van der Waals surface area contributed by atoms with Crippen LogP contribution in [0, 0.1) is 0 Å². The first kappa shape index (κ1) is 13.3. The van der Waals surface area contributed by atoms with Gasteiger partial charge in [0, 0.05) is 5.56 Å². The molecule has 0 fully saturated rings. The molecule has 22 heavy (non-hydrogen) atoms. The molecule has 1 aliphatic rings. The molecule has 0 amide bonds. The van der Waals surface area contributed by atoms with Gasteiger partial charge in [-0.1, -0.05) is 73.7 Å². The van der Waals surface area contributed by atoms with Crippen LogP contribution in [0.1, 0.15) is 34.8 Å². The van der Waals surface area contributed by atoms with Crippen molar-refractivity contribution >= 4 is 16.6 Å². The Morgan fingerprint density at radius 1 is 0.909 bits per heavy atom. The largest absolute Gasteiger partial charge is 0.293 e. The summed E-state index contributed by atoms with van der Waals surface area (Å²) in [6.07, 6.45) is 1.64. The first-order valence-electron chi connectivity index (χ1n) is 7.87. The lowest BCUT2D eigenvalue weighted by Gasteiger charge is -2.28. The molecular formula is C21H18O. The molecule has 4 rings (SSSR count). The lowest BCUT2D eigenvalue weighted by molar-refractivity contribution is 0.0899. The van der Waals surface area contributed by atoms with Crippen molar-refractivity contribution in [2.75, 3.05) is 0 Å². The summed E-state index contributed by atoms with van der Waals surface area (Å²) in [5, 5.41) is 2.41. The fraction of sp³-hybridized carbons (Fsp3) is 0.190. The molecule has 3 aromatic rings. The molecular weight excluding hydrogens is 268 g/mol. The van der Waals surface area contributed by atoms with Crippen molar-refractivity contribution in [2.45, 2.75) is 25.2 Å². The first-order valence-corrected chi connectivity index (χ1v) is 7.87. The minimum atomic E-state index is -0.412. The number of carbonyl (C=O) groups is 1. The number of Topliss-reactive ketones (excluding diaryl/α,β-unsaturated/α-hetero) is 1. The summed E-state index contributed by atoms with van der Waals surface area (Å²) in [6, 6.07) is 22.8. The SMILES string of the molecule is CCC1(c2cccc3ccccc23)Cc2ccccc2C1=O. The molecule has 0 spiro atoms. The maximum atomic E-state index is 13.2. The lowest BCUT2D eigenvalue weighted by Crippen LogP contribution is -2.32. The molecule has 1 nitrogen and oxygen atoms in total. The summed E-state index contributed by atoms with van der Waals surface area (Å²) in [6.45, 7) is 2.13. The molecule has 3 aromatic carbocycles. The second-order valence-electron chi connectivity index (χ2n) is 6.13. The zero-order valence-electron chi connectivity index (χ0n) is 12.7. The van der Waals surface area contributed by atoms with Gasteiger partial charge in [0.05, 0.1) is 5.41 Å². The third kappa shape index (κ3) is 1.69. The van der Waals surface area contributed by atoms with Crippen LogP contribution >= 0.6 is 0 Å². The smallest absolute Gasteiger partial charge is 0.173 e. The van der Waals surface area contributed by atoms with Gasteiger partial charge in [-0.3, -0.25) is 4.79 Å². The molecule has 0 aliphatic heterocycles. The molecule has 0 saturated carbocycles. The Bertz CT molecular complexity index is 872. The highest BCUT2D eigenvalue weighted by atomic mass is 16.1. The highest BCUT2D eigenvalue weighted by Crippen LogP contribution is 2.44. The average molecular weight is 286 g/mol. The molecule has 1 atom stereocenters. The molecule has 0 heterocycles. The first-order chi connectivity index (χ1) is 10.8. The van der Waals surface area contributed by atoms with Gasteiger partial charge in [-0.05, 0) is 34.7 Å². The van der Waals surface area contributed by atoms with Crippen molar-refractivity contribution in [2.24, 2.45) is 0 Å². The van der Waals surface area contributed by atoms with Gasteiger partial charge in [0.15, 0.2) is 5.78 Å². The number of fused-ring (bicyclic) bond motifs is 2. The zero-order valence-corrected chi connectivity index (χ0v) is 12.7. The van der Waals surface area contributed by atoms with Crippen LogP contribution in [0.25, 0.3) is 10.8 Å². The molecule has 0 radical (unpaired) electrons. The molecule has 108 valence electrons. The Labute approximate surface area is 130 Å². The van der Waals surface area contributed by atoms with E-state index < -0.39 is 5.41 Å². The lowest BCUT2D eigenvalue weighted by atomic mass is 9.73. The van der Waals surface area contributed by atoms with Gasteiger partial charge in [0.1, 0.15) is 0 Å². The average Bonchev–Trinajstić information content (AvgIpc) is 2.88. The third-order valence-electron chi connectivity index (χ3n) is 5.10. The van der Waals surface area contributed by atoms with Gasteiger partial charge in [0.25, 0.3) is 0 Å². The van der Waals surface area contributed by atoms with Crippen molar-refractivity contribution in [1.82, 2.24) is 0 Å². The van der Waals surface area contributed by atoms with E-state index in [2.05, 4.69) is 55.5 Å². The van der Waals surface area contributed by atoms with E-state index in [1.54, 1.807) is 0 Å². The second-order valence-corrected chi connectivity index (χ2v) is 6.13. The topological polar surface area (TPSA) is 17.1 Å². The normalized spacial score (nSPS) is 20.3. The molecule has 0 saturated heterocycles. The van der Waals surface area contributed by atoms with Crippen LogP contribution in [0.4, 0.5) is 0 Å². The van der Waals surface area contributed by atoms with Gasteiger partial charge in [-0.25, -0.2) is 0 Å². The predicted octanol–water partition coefficient (Wildman–Crippen LogP) is 4.93. The van der Waals surface area contributed by atoms with E-state index in [1.165, 1.54) is 21.9 Å². The number of carbonyl (C=O) groups excluding carboxylic acids is 1. The maximum Gasteiger partial charge on any atom is 0.173 e. The molecule has 1 aliphatic carbocycles. The second kappa shape index (κ2) is 4.81. The summed E-state index contributed by atoms with van der Waals surface area (Å²) >= 11 is 0. The van der Waals surface area contributed by atoms with E-state index in [4.69, 9.17) is 0 Å². The van der Waals surface area contributed by atoms with Gasteiger partial charge >= 0.3 is 0 Å². The zero-order chi connectivity index (χ0) is 15.2. The highest BCUT2D eigenvalue weighted by Gasteiger charge is 2.45. The van der Waals surface area contributed by atoms with E-state index >= 15 is 0 Å². The number of rotatable bonds is 2. The third-order valence-corrected chi connectivity index (χ3v) is 5.10. The fourth-order valence-corrected chi connectivity index (χ4v) is 3.90. The fourth-order valence-electron chi connectivity index (χ4n) is 3.90. The summed E-state index contributed by atoms with van der Waals surface area (Å²) in [7, 11) is 0. The number of ketones is 1. The van der Waals surface area contributed by atoms with Crippen LogP contribution in [0.2, 0.25) is 0 Å². The number of hydrogen-bond donors (Lipinski definition) is 0. The summed E-state index contributed by atoms with van der Waals surface area (Å²) in [5.41, 5.74) is 2.85. The van der Waals surface area contributed by atoms with Crippen LogP contribution in [0.15, 0.2) is 66.7 Å². The quantitative estimate of drug-likeness (QED) is 0.653. The van der Waals surface area contributed by atoms with E-state index in [-0.39, 0.29) is 5.78 Å². The maximum absolute atomic E-state index is 13.2. The van der Waals surface area contributed by atoms with E-state index in [0.29, 0.717) is 0 Å². The van der Waals surface area contributed by atoms with Crippen LogP contribution in [-0.4, -0.2) is 5.78 Å². The monoisotopic (exact) mass is 286 g/mol. The Kier molecular flexibility index (Phi) is 2.90. The Morgan fingerprint density at radius 2 is 1.64 bits per heavy atom. The van der Waals surface area contributed by atoms with Gasteiger partial charge < -0.3 is 0 Å². The standard InChI is InChI=1S/C21H18O/c1-2-21(14-16-9-4-6-12-18(16)20(21)22)19-13-7-10-15-8-3-5-11-17(15)19/h3-13H,2,14H2,1H3. The van der Waals surface area contributed by atoms with Crippen LogP contribution in [0.5, 0.6) is 0 Å². The Hall–Kier alpha value is -2.41. The van der Waals surface area contributed by atoms with Crippen LogP contribution < -0.4 is 0 Å². The molecule has 1 unspecified atom stereocenters. The van der Waals surface area contributed by atoms with E-state index in [9.17, 15) is 4.79 Å². The Balaban J connectivity index is 1.99. The summed E-state index contributed by atoms with van der Waals surface area (Å²) in [4.78, 5) is 13.2. The minimum absolute atomic E-state index is 0.280. The van der Waals surface area contributed by atoms with Gasteiger partial charge in [-0.15, -0.1) is 0 Å². The summed E-state index contributed by atoms with van der Waals surface area (Å²) < 4.78 is 0. The van der Waals surface area contributed by atoms with Gasteiger partial charge in [0.2, 0.25) is 0 Å². The molecule has 0 N–H and O–H groups in total. The molecule has 0 aromatic heterocycles. The van der Waals surface area contributed by atoms with Crippen LogP contribution in [-0.2, 0) is 11.8 Å². The highest BCUT2D eigenvalue weighted by molar-refractivity contribution is 6.10. The van der Waals surface area contributed by atoms with Crippen molar-refractivity contribution in [3.8, 4) is 0 Å². The van der Waals surface area contributed by atoms with Crippen molar-refractivity contribution in [3.05, 3.63) is 83.4 Å². The molecule has 1 heteroatoms. The predicted molar refractivity (Wildman–Crippen MR) is 90.4 cm³/mol. The number of hydrogen-bond acceptors (Lipinski definition) is 1. The van der Waals surface area contributed by atoms with Crippen molar-refractivity contribution in [3.63, 3.8) is 0 Å².